The summed E-state index contributed by atoms with van der Waals surface area (Å²) in [5.74, 6) is 0.732. The summed E-state index contributed by atoms with van der Waals surface area (Å²) in [5.41, 5.74) is 1.43. The molecule has 1 aromatic rings. The molecule has 2 fully saturated rings. The Labute approximate surface area is 134 Å². The topological polar surface area (TPSA) is 23.6 Å². The van der Waals surface area contributed by atoms with E-state index in [1.807, 2.05) is 0 Å². The molecule has 2 heterocycles. The van der Waals surface area contributed by atoms with E-state index in [2.05, 4.69) is 40.1 Å². The number of urea groups is 1. The van der Waals surface area contributed by atoms with E-state index < -0.39 is 0 Å². The van der Waals surface area contributed by atoms with Crippen molar-refractivity contribution in [3.05, 3.63) is 35.9 Å². The Kier molecular flexibility index (Phi) is 5.36. The van der Waals surface area contributed by atoms with Crippen LogP contribution < -0.4 is 0 Å². The van der Waals surface area contributed by atoms with Gasteiger partial charge in [0.1, 0.15) is 0 Å². The van der Waals surface area contributed by atoms with Crippen LogP contribution in [-0.2, 0) is 6.42 Å². The van der Waals surface area contributed by atoms with Gasteiger partial charge < -0.3 is 9.80 Å². The Morgan fingerprint density at radius 1 is 0.864 bits per heavy atom. The van der Waals surface area contributed by atoms with Crippen molar-refractivity contribution in [2.75, 3.05) is 26.2 Å². The average Bonchev–Trinajstić information content (AvgIpc) is 2.85. The van der Waals surface area contributed by atoms with E-state index in [0.717, 1.165) is 51.4 Å². The Balaban J connectivity index is 1.47. The third-order valence-corrected chi connectivity index (χ3v) is 5.13. The zero-order valence-electron chi connectivity index (χ0n) is 13.5. The smallest absolute Gasteiger partial charge is 0.319 e. The van der Waals surface area contributed by atoms with Gasteiger partial charge in [0.25, 0.3) is 0 Å². The summed E-state index contributed by atoms with van der Waals surface area (Å²) in [4.78, 5) is 16.8. The molecule has 0 saturated carbocycles. The maximum Gasteiger partial charge on any atom is 0.319 e. The van der Waals surface area contributed by atoms with Crippen LogP contribution in [-0.4, -0.2) is 42.0 Å². The number of hydrogen-bond acceptors (Lipinski definition) is 1. The molecule has 2 aliphatic rings. The van der Waals surface area contributed by atoms with Gasteiger partial charge in [-0.3, -0.25) is 0 Å². The molecule has 3 rings (SSSR count). The fraction of sp³-hybridized carbons (Fsp3) is 0.632. The number of likely N-dealkylation sites (tertiary alicyclic amines) is 2. The quantitative estimate of drug-likeness (QED) is 0.811. The van der Waals surface area contributed by atoms with Crippen LogP contribution in [0.4, 0.5) is 4.79 Å². The van der Waals surface area contributed by atoms with E-state index >= 15 is 0 Å². The number of nitrogens with zero attached hydrogens (tertiary/aromatic N) is 2. The maximum atomic E-state index is 12.6. The summed E-state index contributed by atoms with van der Waals surface area (Å²) in [6, 6.07) is 11.0. The summed E-state index contributed by atoms with van der Waals surface area (Å²) in [7, 11) is 0. The predicted octanol–water partition coefficient (Wildman–Crippen LogP) is 3.94. The molecule has 0 spiro atoms. The minimum absolute atomic E-state index is 0.292. The third-order valence-electron chi connectivity index (χ3n) is 5.13. The molecule has 22 heavy (non-hydrogen) atoms. The van der Waals surface area contributed by atoms with Crippen molar-refractivity contribution < 1.29 is 4.79 Å². The second-order valence-corrected chi connectivity index (χ2v) is 6.80. The van der Waals surface area contributed by atoms with Crippen LogP contribution in [0, 0.1) is 5.92 Å². The van der Waals surface area contributed by atoms with E-state index in [4.69, 9.17) is 0 Å². The largest absolute Gasteiger partial charge is 0.325 e. The Morgan fingerprint density at radius 2 is 1.45 bits per heavy atom. The minimum atomic E-state index is 0.292. The van der Waals surface area contributed by atoms with Crippen LogP contribution in [0.15, 0.2) is 30.3 Å². The lowest BCUT2D eigenvalue weighted by Gasteiger charge is -2.35. The van der Waals surface area contributed by atoms with Gasteiger partial charge >= 0.3 is 6.03 Å². The predicted molar refractivity (Wildman–Crippen MR) is 89.9 cm³/mol. The van der Waals surface area contributed by atoms with Gasteiger partial charge in [0.05, 0.1) is 0 Å². The monoisotopic (exact) mass is 300 g/mol. The third kappa shape index (κ3) is 4.02. The van der Waals surface area contributed by atoms with Gasteiger partial charge in [0, 0.05) is 26.2 Å². The zero-order chi connectivity index (χ0) is 15.2. The lowest BCUT2D eigenvalue weighted by Crippen LogP contribution is -2.47. The molecular weight excluding hydrogens is 272 g/mol. The van der Waals surface area contributed by atoms with Gasteiger partial charge in [-0.15, -0.1) is 0 Å². The van der Waals surface area contributed by atoms with Crippen LogP contribution in [0.5, 0.6) is 0 Å². The lowest BCUT2D eigenvalue weighted by molar-refractivity contribution is 0.133. The Morgan fingerprint density at radius 3 is 2.09 bits per heavy atom. The van der Waals surface area contributed by atoms with Crippen molar-refractivity contribution >= 4 is 6.03 Å². The highest BCUT2D eigenvalue weighted by atomic mass is 16.2. The first-order valence-electron chi connectivity index (χ1n) is 8.91. The second kappa shape index (κ2) is 7.66. The highest BCUT2D eigenvalue weighted by Gasteiger charge is 2.26. The van der Waals surface area contributed by atoms with E-state index in [9.17, 15) is 4.79 Å². The molecule has 0 radical (unpaired) electrons. The number of hydrogen-bond donors (Lipinski definition) is 0. The number of carbonyl (C=O) groups excluding carboxylic acids is 1. The molecule has 120 valence electrons. The molecule has 0 aromatic heterocycles. The molecule has 2 aliphatic heterocycles. The van der Waals surface area contributed by atoms with Crippen molar-refractivity contribution in [3.8, 4) is 0 Å². The van der Waals surface area contributed by atoms with E-state index in [-0.39, 0.29) is 0 Å². The van der Waals surface area contributed by atoms with E-state index in [0.29, 0.717) is 6.03 Å². The van der Waals surface area contributed by atoms with E-state index in [1.165, 1.54) is 31.2 Å². The molecule has 3 nitrogen and oxygen atoms in total. The lowest BCUT2D eigenvalue weighted by atomic mass is 9.90. The number of amides is 2. The molecule has 0 atom stereocenters. The Bertz CT molecular complexity index is 458. The van der Waals surface area contributed by atoms with Gasteiger partial charge in [-0.25, -0.2) is 4.79 Å². The number of carbonyl (C=O) groups is 1. The number of rotatable bonds is 2. The van der Waals surface area contributed by atoms with Gasteiger partial charge in [-0.1, -0.05) is 43.2 Å². The van der Waals surface area contributed by atoms with Crippen LogP contribution in [0.2, 0.25) is 0 Å². The summed E-state index contributed by atoms with van der Waals surface area (Å²) in [6.07, 6.45) is 8.37. The molecule has 3 heteroatoms. The molecular formula is C19H28N2O. The fourth-order valence-corrected chi connectivity index (χ4v) is 3.74. The summed E-state index contributed by atoms with van der Waals surface area (Å²) >= 11 is 0. The maximum absolute atomic E-state index is 12.6. The molecule has 1 aromatic carbocycles. The normalized spacial score (nSPS) is 20.7. The van der Waals surface area contributed by atoms with Crippen LogP contribution in [0.1, 0.15) is 44.1 Å². The first-order chi connectivity index (χ1) is 10.8. The van der Waals surface area contributed by atoms with Gasteiger partial charge in [0.15, 0.2) is 0 Å². The average molecular weight is 300 g/mol. The first kappa shape index (κ1) is 15.4. The Hall–Kier alpha value is -1.51. The van der Waals surface area contributed by atoms with Gasteiger partial charge in [-0.05, 0) is 43.6 Å². The van der Waals surface area contributed by atoms with Crippen molar-refractivity contribution in [2.24, 2.45) is 5.92 Å². The summed E-state index contributed by atoms with van der Waals surface area (Å²) in [6.45, 7) is 3.80. The highest BCUT2D eigenvalue weighted by molar-refractivity contribution is 5.74. The molecule has 0 bridgehead atoms. The van der Waals surface area contributed by atoms with Crippen molar-refractivity contribution in [1.82, 2.24) is 9.80 Å². The number of piperidine rings is 1. The molecule has 2 amide bonds. The van der Waals surface area contributed by atoms with Crippen LogP contribution in [0.25, 0.3) is 0 Å². The van der Waals surface area contributed by atoms with Crippen LogP contribution >= 0.6 is 0 Å². The SMILES string of the molecule is O=C(N1CCCCCC1)N1CCC(Cc2ccccc2)CC1. The molecule has 0 aliphatic carbocycles. The summed E-state index contributed by atoms with van der Waals surface area (Å²) < 4.78 is 0. The fourth-order valence-electron chi connectivity index (χ4n) is 3.74. The van der Waals surface area contributed by atoms with Crippen molar-refractivity contribution in [3.63, 3.8) is 0 Å². The standard InChI is InChI=1S/C19H28N2O/c22-19(20-12-6-1-2-7-13-20)21-14-10-18(11-15-21)16-17-8-4-3-5-9-17/h3-5,8-9,18H,1-2,6-7,10-16H2. The first-order valence-corrected chi connectivity index (χ1v) is 8.91. The second-order valence-electron chi connectivity index (χ2n) is 6.80. The van der Waals surface area contributed by atoms with E-state index in [1.54, 1.807) is 0 Å². The minimum Gasteiger partial charge on any atom is -0.325 e. The van der Waals surface area contributed by atoms with Gasteiger partial charge in [-0.2, -0.15) is 0 Å². The van der Waals surface area contributed by atoms with Crippen molar-refractivity contribution in [1.29, 1.82) is 0 Å². The molecule has 2 saturated heterocycles. The molecule has 0 unspecified atom stereocenters. The van der Waals surface area contributed by atoms with Crippen LogP contribution in [0.3, 0.4) is 0 Å². The van der Waals surface area contributed by atoms with Gasteiger partial charge in [0.2, 0.25) is 0 Å². The number of benzene rings is 1. The zero-order valence-corrected chi connectivity index (χ0v) is 13.5. The van der Waals surface area contributed by atoms with Crippen molar-refractivity contribution in [2.45, 2.75) is 44.9 Å². The summed E-state index contributed by atoms with van der Waals surface area (Å²) in [5, 5.41) is 0. The molecule has 0 N–H and O–H groups in total. The highest BCUT2D eigenvalue weighted by Crippen LogP contribution is 2.23.